The van der Waals surface area contributed by atoms with E-state index in [1.165, 1.54) is 16.7 Å². The molecule has 0 aliphatic carbocycles. The average molecular weight is 393 g/mol. The maximum atomic E-state index is 12.8. The normalized spacial score (nSPS) is 13.1. The van der Waals surface area contributed by atoms with Crippen LogP contribution in [0.1, 0.15) is 27.0 Å². The molecule has 6 heteroatoms. The summed E-state index contributed by atoms with van der Waals surface area (Å²) >= 11 is 5.90. The molecule has 2 heterocycles. The van der Waals surface area contributed by atoms with Gasteiger partial charge in [-0.1, -0.05) is 48.0 Å². The minimum absolute atomic E-state index is 0.0257. The van der Waals surface area contributed by atoms with E-state index in [4.69, 9.17) is 11.6 Å². The lowest BCUT2D eigenvalue weighted by Gasteiger charge is -2.28. The molecule has 5 nitrogen and oxygen atoms in total. The van der Waals surface area contributed by atoms with Crippen molar-refractivity contribution in [1.82, 2.24) is 14.9 Å². The van der Waals surface area contributed by atoms with Crippen molar-refractivity contribution in [3.8, 4) is 0 Å². The van der Waals surface area contributed by atoms with Crippen molar-refractivity contribution in [1.29, 1.82) is 0 Å². The third-order valence-corrected chi connectivity index (χ3v) is 5.18. The average Bonchev–Trinajstić information content (AvgIpc) is 2.75. The molecule has 142 valence electrons. The zero-order chi connectivity index (χ0) is 19.3. The van der Waals surface area contributed by atoms with Crippen molar-refractivity contribution in [3.05, 3.63) is 88.2 Å². The lowest BCUT2D eigenvalue weighted by molar-refractivity contribution is 0.0734. The first-order valence-electron chi connectivity index (χ1n) is 9.35. The summed E-state index contributed by atoms with van der Waals surface area (Å²) in [5.41, 5.74) is 4.24. The molecule has 1 aromatic heterocycles. The van der Waals surface area contributed by atoms with E-state index in [0.717, 1.165) is 24.4 Å². The number of carbonyl (C=O) groups excluding carboxylic acids is 1. The van der Waals surface area contributed by atoms with Gasteiger partial charge in [0.05, 0.1) is 5.56 Å². The topological polar surface area (TPSA) is 58.1 Å². The number of hydrogen-bond acceptors (Lipinski definition) is 4. The van der Waals surface area contributed by atoms with Gasteiger partial charge in [0.15, 0.2) is 0 Å². The Kier molecular flexibility index (Phi) is 5.53. The number of carbonyl (C=O) groups is 1. The van der Waals surface area contributed by atoms with Gasteiger partial charge >= 0.3 is 0 Å². The van der Waals surface area contributed by atoms with Crippen LogP contribution in [-0.4, -0.2) is 33.9 Å². The highest BCUT2D eigenvalue weighted by Crippen LogP contribution is 2.20. The molecule has 4 rings (SSSR count). The summed E-state index contributed by atoms with van der Waals surface area (Å²) in [5.74, 6) is 0.497. The van der Waals surface area contributed by atoms with Crippen LogP contribution in [-0.2, 0) is 19.4 Å². The Morgan fingerprint density at radius 3 is 2.50 bits per heavy atom. The maximum Gasteiger partial charge on any atom is 0.257 e. The van der Waals surface area contributed by atoms with Crippen molar-refractivity contribution in [2.45, 2.75) is 19.4 Å². The number of anilines is 1. The minimum atomic E-state index is -0.0257. The number of nitrogens with zero attached hydrogens (tertiary/aromatic N) is 3. The number of aromatic nitrogens is 2. The van der Waals surface area contributed by atoms with E-state index in [9.17, 15) is 4.79 Å². The van der Waals surface area contributed by atoms with Crippen LogP contribution in [0.4, 0.5) is 5.95 Å². The first-order valence-corrected chi connectivity index (χ1v) is 9.73. The van der Waals surface area contributed by atoms with E-state index < -0.39 is 0 Å². The molecule has 0 unspecified atom stereocenters. The predicted octanol–water partition coefficient (Wildman–Crippen LogP) is 3.98. The minimum Gasteiger partial charge on any atom is -0.354 e. The predicted molar refractivity (Wildman–Crippen MR) is 111 cm³/mol. The SMILES string of the molecule is O=C(c1cnc(NCCc2ccc(Cl)cc2)nc1)N1CCc2ccccc2C1. The highest BCUT2D eigenvalue weighted by Gasteiger charge is 2.21. The number of benzene rings is 2. The molecule has 0 bridgehead atoms. The van der Waals surface area contributed by atoms with Crippen LogP contribution in [0.15, 0.2) is 60.9 Å². The van der Waals surface area contributed by atoms with Crippen LogP contribution in [0.3, 0.4) is 0 Å². The van der Waals surface area contributed by atoms with Gasteiger partial charge in [0, 0.05) is 37.1 Å². The Labute approximate surface area is 169 Å². The van der Waals surface area contributed by atoms with Gasteiger partial charge in [-0.2, -0.15) is 0 Å². The number of amides is 1. The summed E-state index contributed by atoms with van der Waals surface area (Å²) in [4.78, 5) is 23.2. The van der Waals surface area contributed by atoms with Gasteiger partial charge in [0.1, 0.15) is 0 Å². The van der Waals surface area contributed by atoms with E-state index >= 15 is 0 Å². The van der Waals surface area contributed by atoms with Gasteiger partial charge in [-0.05, 0) is 41.7 Å². The number of fused-ring (bicyclic) bond motifs is 1. The number of nitrogens with one attached hydrogen (secondary N) is 1. The van der Waals surface area contributed by atoms with Crippen molar-refractivity contribution in [3.63, 3.8) is 0 Å². The summed E-state index contributed by atoms with van der Waals surface area (Å²) in [6, 6.07) is 16.0. The fraction of sp³-hybridized carbons (Fsp3) is 0.227. The van der Waals surface area contributed by atoms with Crippen molar-refractivity contribution in [2.75, 3.05) is 18.4 Å². The molecule has 0 radical (unpaired) electrons. The van der Waals surface area contributed by atoms with E-state index in [1.54, 1.807) is 12.4 Å². The van der Waals surface area contributed by atoms with Crippen molar-refractivity contribution >= 4 is 23.5 Å². The van der Waals surface area contributed by atoms with E-state index in [1.807, 2.05) is 41.3 Å². The molecule has 3 aromatic rings. The second-order valence-electron chi connectivity index (χ2n) is 6.84. The summed E-state index contributed by atoms with van der Waals surface area (Å²) < 4.78 is 0. The second kappa shape index (κ2) is 8.40. The molecular formula is C22H21ClN4O. The quantitative estimate of drug-likeness (QED) is 0.713. The van der Waals surface area contributed by atoms with Gasteiger partial charge in [-0.15, -0.1) is 0 Å². The molecule has 1 aliphatic heterocycles. The van der Waals surface area contributed by atoms with Gasteiger partial charge < -0.3 is 10.2 Å². The molecule has 0 saturated heterocycles. The van der Waals surface area contributed by atoms with Crippen molar-refractivity contribution in [2.24, 2.45) is 0 Å². The summed E-state index contributed by atoms with van der Waals surface area (Å²) in [6.07, 6.45) is 4.92. The van der Waals surface area contributed by atoms with Gasteiger partial charge in [-0.3, -0.25) is 4.79 Å². The molecule has 28 heavy (non-hydrogen) atoms. The molecule has 2 aromatic carbocycles. The summed E-state index contributed by atoms with van der Waals surface area (Å²) in [6.45, 7) is 2.06. The smallest absolute Gasteiger partial charge is 0.257 e. The fourth-order valence-electron chi connectivity index (χ4n) is 3.35. The number of rotatable bonds is 5. The van der Waals surface area contributed by atoms with Crippen LogP contribution in [0, 0.1) is 0 Å². The van der Waals surface area contributed by atoms with Crippen LogP contribution < -0.4 is 5.32 Å². The largest absolute Gasteiger partial charge is 0.354 e. The molecule has 1 N–H and O–H groups in total. The highest BCUT2D eigenvalue weighted by atomic mass is 35.5. The second-order valence-corrected chi connectivity index (χ2v) is 7.28. The third-order valence-electron chi connectivity index (χ3n) is 4.93. The van der Waals surface area contributed by atoms with Crippen molar-refractivity contribution < 1.29 is 4.79 Å². The van der Waals surface area contributed by atoms with Crippen LogP contribution in [0.5, 0.6) is 0 Å². The Morgan fingerprint density at radius 2 is 1.75 bits per heavy atom. The number of hydrogen-bond donors (Lipinski definition) is 1. The lowest BCUT2D eigenvalue weighted by Crippen LogP contribution is -2.36. The van der Waals surface area contributed by atoms with E-state index in [-0.39, 0.29) is 5.91 Å². The molecule has 1 amide bonds. The monoisotopic (exact) mass is 392 g/mol. The van der Waals surface area contributed by atoms with E-state index in [0.29, 0.717) is 24.6 Å². The highest BCUT2D eigenvalue weighted by molar-refractivity contribution is 6.30. The molecule has 0 saturated carbocycles. The van der Waals surface area contributed by atoms with Crippen LogP contribution in [0.25, 0.3) is 0 Å². The molecule has 0 atom stereocenters. The summed E-state index contributed by atoms with van der Waals surface area (Å²) in [5, 5.41) is 3.92. The zero-order valence-electron chi connectivity index (χ0n) is 15.4. The van der Waals surface area contributed by atoms with E-state index in [2.05, 4.69) is 27.4 Å². The Hall–Kier alpha value is -2.92. The number of halogens is 1. The standard InChI is InChI=1S/C22H21ClN4O/c23-20-7-5-16(6-8-20)9-11-24-22-25-13-19(14-26-22)21(28)27-12-10-17-3-1-2-4-18(17)15-27/h1-8,13-14H,9-12,15H2,(H,24,25,26). The van der Waals surface area contributed by atoms with Crippen LogP contribution in [0.2, 0.25) is 5.02 Å². The van der Waals surface area contributed by atoms with Gasteiger partial charge in [0.2, 0.25) is 5.95 Å². The van der Waals surface area contributed by atoms with Gasteiger partial charge in [-0.25, -0.2) is 9.97 Å². The Morgan fingerprint density at radius 1 is 1.04 bits per heavy atom. The fourth-order valence-corrected chi connectivity index (χ4v) is 3.48. The maximum absolute atomic E-state index is 12.8. The zero-order valence-corrected chi connectivity index (χ0v) is 16.2. The molecular weight excluding hydrogens is 372 g/mol. The summed E-state index contributed by atoms with van der Waals surface area (Å²) in [7, 11) is 0. The molecule has 1 aliphatic rings. The first-order chi connectivity index (χ1) is 13.7. The first kappa shape index (κ1) is 18.4. The van der Waals surface area contributed by atoms with Gasteiger partial charge in [0.25, 0.3) is 5.91 Å². The van der Waals surface area contributed by atoms with Crippen LogP contribution >= 0.6 is 11.6 Å². The third kappa shape index (κ3) is 4.31. The Bertz CT molecular complexity index is 957. The molecule has 0 spiro atoms. The lowest BCUT2D eigenvalue weighted by atomic mass is 9.99. The molecule has 0 fully saturated rings. The Balaban J connectivity index is 1.33.